The van der Waals surface area contributed by atoms with E-state index in [9.17, 15) is 9.50 Å². The molecule has 0 heterocycles. The Morgan fingerprint density at radius 3 is 2.69 bits per heavy atom. The molecule has 0 saturated carbocycles. The Bertz CT molecular complexity index is 271. The molecule has 72 valence electrons. The van der Waals surface area contributed by atoms with Crippen LogP contribution in [-0.4, -0.2) is 22.9 Å². The Labute approximate surface area is 75.6 Å². The van der Waals surface area contributed by atoms with Crippen LogP contribution in [0.1, 0.15) is 5.56 Å². The molecule has 0 fully saturated rings. The molecule has 0 aliphatic carbocycles. The van der Waals surface area contributed by atoms with Crippen molar-refractivity contribution < 1.29 is 14.6 Å². The summed E-state index contributed by atoms with van der Waals surface area (Å²) in [6.07, 6.45) is 0.134. The summed E-state index contributed by atoms with van der Waals surface area (Å²) in [4.78, 5) is 0. The molecule has 4 N–H and O–H groups in total. The molecule has 13 heavy (non-hydrogen) atoms. The molecule has 1 aromatic rings. The van der Waals surface area contributed by atoms with Gasteiger partial charge >= 0.3 is 0 Å². The lowest BCUT2D eigenvalue weighted by Gasteiger charge is -2.10. The van der Waals surface area contributed by atoms with Gasteiger partial charge in [-0.25, -0.2) is 4.39 Å². The fraction of sp³-hybridized carbons (Fsp3) is 0.333. The fourth-order valence-corrected chi connectivity index (χ4v) is 1.08. The van der Waals surface area contributed by atoms with Crippen LogP contribution in [0.2, 0.25) is 0 Å². The van der Waals surface area contributed by atoms with Gasteiger partial charge in [-0.2, -0.15) is 0 Å². The molecule has 3 nitrogen and oxygen atoms in total. The quantitative estimate of drug-likeness (QED) is 0.638. The maximum atomic E-state index is 13.0. The highest BCUT2D eigenvalue weighted by Crippen LogP contribution is 2.20. The first-order valence-corrected chi connectivity index (χ1v) is 3.98. The lowest BCUT2D eigenvalue weighted by atomic mass is 10.1. The van der Waals surface area contributed by atoms with E-state index in [4.69, 9.17) is 10.8 Å². The summed E-state index contributed by atoms with van der Waals surface area (Å²) in [5.41, 5.74) is 5.57. The largest absolute Gasteiger partial charge is 0.508 e. The smallest absolute Gasteiger partial charge is 0.130 e. The van der Waals surface area contributed by atoms with Crippen molar-refractivity contribution in [1.29, 1.82) is 0 Å². The van der Waals surface area contributed by atoms with Crippen LogP contribution in [0.3, 0.4) is 0 Å². The van der Waals surface area contributed by atoms with Crippen molar-refractivity contribution in [1.82, 2.24) is 0 Å². The number of nitrogens with two attached hydrogens (primary N) is 1. The highest BCUT2D eigenvalue weighted by atomic mass is 19.1. The van der Waals surface area contributed by atoms with Crippen LogP contribution >= 0.6 is 0 Å². The maximum absolute atomic E-state index is 13.0. The Balaban J connectivity index is 2.87. The number of rotatable bonds is 3. The van der Waals surface area contributed by atoms with Gasteiger partial charge in [0.25, 0.3) is 0 Å². The van der Waals surface area contributed by atoms with Gasteiger partial charge in [0.2, 0.25) is 0 Å². The summed E-state index contributed by atoms with van der Waals surface area (Å²) in [5, 5.41) is 17.9. The summed E-state index contributed by atoms with van der Waals surface area (Å²) in [7, 11) is 0. The van der Waals surface area contributed by atoms with Gasteiger partial charge < -0.3 is 15.9 Å². The topological polar surface area (TPSA) is 66.5 Å². The van der Waals surface area contributed by atoms with Crippen molar-refractivity contribution in [2.24, 2.45) is 5.73 Å². The number of halogens is 1. The Kier molecular flexibility index (Phi) is 3.22. The van der Waals surface area contributed by atoms with Gasteiger partial charge in [-0.15, -0.1) is 0 Å². The second-order valence-electron chi connectivity index (χ2n) is 2.88. The summed E-state index contributed by atoms with van der Waals surface area (Å²) in [5.74, 6) is -0.618. The monoisotopic (exact) mass is 185 g/mol. The molecular weight excluding hydrogens is 173 g/mol. The molecule has 0 saturated heterocycles. The van der Waals surface area contributed by atoms with E-state index >= 15 is 0 Å². The zero-order valence-electron chi connectivity index (χ0n) is 7.07. The molecule has 1 aromatic carbocycles. The van der Waals surface area contributed by atoms with E-state index < -0.39 is 11.9 Å². The predicted octanol–water partition coefficient (Wildman–Crippen LogP) is 0.393. The highest BCUT2D eigenvalue weighted by Gasteiger charge is 2.11. The normalized spacial score (nSPS) is 12.8. The first kappa shape index (κ1) is 9.95. The van der Waals surface area contributed by atoms with E-state index in [2.05, 4.69) is 0 Å². The van der Waals surface area contributed by atoms with Crippen LogP contribution in [0.25, 0.3) is 0 Å². The molecule has 0 amide bonds. The number of hydrogen-bond acceptors (Lipinski definition) is 3. The second kappa shape index (κ2) is 4.20. The van der Waals surface area contributed by atoms with E-state index in [0.717, 1.165) is 0 Å². The Hall–Kier alpha value is -1.13. The van der Waals surface area contributed by atoms with Crippen LogP contribution in [0.5, 0.6) is 5.75 Å². The molecular formula is C9H12FNO2. The van der Waals surface area contributed by atoms with E-state index in [0.29, 0.717) is 0 Å². The van der Waals surface area contributed by atoms with Crippen molar-refractivity contribution in [2.75, 3.05) is 6.61 Å². The molecule has 0 aliphatic rings. The van der Waals surface area contributed by atoms with E-state index in [-0.39, 0.29) is 24.3 Å². The van der Waals surface area contributed by atoms with Gasteiger partial charge in [0.05, 0.1) is 6.61 Å². The summed E-state index contributed by atoms with van der Waals surface area (Å²) < 4.78 is 13.0. The molecule has 0 aliphatic heterocycles. The van der Waals surface area contributed by atoms with Gasteiger partial charge in [-0.1, -0.05) is 6.07 Å². The number of phenols is 1. The molecule has 4 heteroatoms. The van der Waals surface area contributed by atoms with Gasteiger partial charge in [0.15, 0.2) is 0 Å². The number of phenolic OH excluding ortho intramolecular Hbond substituents is 1. The van der Waals surface area contributed by atoms with Crippen molar-refractivity contribution in [2.45, 2.75) is 12.5 Å². The van der Waals surface area contributed by atoms with E-state index in [1.807, 2.05) is 0 Å². The highest BCUT2D eigenvalue weighted by molar-refractivity contribution is 5.33. The zero-order chi connectivity index (χ0) is 9.84. The number of benzene rings is 1. The summed E-state index contributed by atoms with van der Waals surface area (Å²) >= 11 is 0. The van der Waals surface area contributed by atoms with E-state index in [1.54, 1.807) is 0 Å². The average Bonchev–Trinajstić information content (AvgIpc) is 2.11. The van der Waals surface area contributed by atoms with Crippen molar-refractivity contribution in [3.8, 4) is 5.75 Å². The third-order valence-corrected chi connectivity index (χ3v) is 1.79. The zero-order valence-corrected chi connectivity index (χ0v) is 7.07. The summed E-state index contributed by atoms with van der Waals surface area (Å²) in [6.45, 7) is -0.228. The first-order chi connectivity index (χ1) is 6.15. The lowest BCUT2D eigenvalue weighted by Crippen LogP contribution is -2.27. The van der Waals surface area contributed by atoms with Crippen LogP contribution in [0.4, 0.5) is 4.39 Å². The Morgan fingerprint density at radius 1 is 1.46 bits per heavy atom. The number of aliphatic hydroxyl groups excluding tert-OH is 1. The minimum atomic E-state index is -0.539. The third kappa shape index (κ3) is 2.40. The van der Waals surface area contributed by atoms with Crippen LogP contribution < -0.4 is 5.73 Å². The predicted molar refractivity (Wildman–Crippen MR) is 46.8 cm³/mol. The molecule has 1 unspecified atom stereocenters. The lowest BCUT2D eigenvalue weighted by molar-refractivity contribution is 0.263. The average molecular weight is 185 g/mol. The van der Waals surface area contributed by atoms with E-state index in [1.165, 1.54) is 18.2 Å². The molecule has 0 aromatic heterocycles. The SMILES string of the molecule is NC(CO)Cc1c(O)cccc1F. The van der Waals surface area contributed by atoms with Crippen LogP contribution in [-0.2, 0) is 6.42 Å². The molecule has 1 rings (SSSR count). The van der Waals surface area contributed by atoms with Gasteiger partial charge in [0.1, 0.15) is 11.6 Å². The minimum absolute atomic E-state index is 0.121. The fourth-order valence-electron chi connectivity index (χ4n) is 1.08. The minimum Gasteiger partial charge on any atom is -0.508 e. The van der Waals surface area contributed by atoms with Crippen LogP contribution in [0, 0.1) is 5.82 Å². The number of aromatic hydroxyl groups is 1. The van der Waals surface area contributed by atoms with Crippen molar-refractivity contribution >= 4 is 0 Å². The van der Waals surface area contributed by atoms with Gasteiger partial charge in [-0.3, -0.25) is 0 Å². The second-order valence-corrected chi connectivity index (χ2v) is 2.88. The third-order valence-electron chi connectivity index (χ3n) is 1.79. The number of hydrogen-bond donors (Lipinski definition) is 3. The van der Waals surface area contributed by atoms with Gasteiger partial charge in [0, 0.05) is 11.6 Å². The number of aliphatic hydroxyl groups is 1. The maximum Gasteiger partial charge on any atom is 0.130 e. The standard InChI is InChI=1S/C9H12FNO2/c10-8-2-1-3-9(13)7(8)4-6(11)5-12/h1-3,6,12-13H,4-5,11H2. The van der Waals surface area contributed by atoms with Crippen molar-refractivity contribution in [3.63, 3.8) is 0 Å². The molecule has 0 spiro atoms. The Morgan fingerprint density at radius 2 is 2.15 bits per heavy atom. The van der Waals surface area contributed by atoms with Crippen LogP contribution in [0.15, 0.2) is 18.2 Å². The van der Waals surface area contributed by atoms with Gasteiger partial charge in [-0.05, 0) is 18.6 Å². The summed E-state index contributed by atoms with van der Waals surface area (Å²) in [6, 6.07) is 3.52. The molecule has 0 radical (unpaired) electrons. The molecule has 1 atom stereocenters. The first-order valence-electron chi connectivity index (χ1n) is 3.98. The van der Waals surface area contributed by atoms with Crippen molar-refractivity contribution in [3.05, 3.63) is 29.6 Å². The molecule has 0 bridgehead atoms.